The zero-order valence-electron chi connectivity index (χ0n) is 11.1. The molecular formula is C13H14BrN3O3. The van der Waals surface area contributed by atoms with Gasteiger partial charge in [0.15, 0.2) is 11.5 Å². The molecule has 0 aliphatic heterocycles. The molecule has 0 amide bonds. The molecule has 2 rings (SSSR count). The van der Waals surface area contributed by atoms with Gasteiger partial charge in [-0.3, -0.25) is 0 Å². The van der Waals surface area contributed by atoms with Gasteiger partial charge in [0, 0.05) is 6.54 Å². The molecule has 0 radical (unpaired) electrons. The topological polar surface area (TPSA) is 79.5 Å². The summed E-state index contributed by atoms with van der Waals surface area (Å²) in [4.78, 5) is 8.18. The normalized spacial score (nSPS) is 10.2. The lowest BCUT2D eigenvalue weighted by molar-refractivity contribution is 0.353. The van der Waals surface area contributed by atoms with Crippen molar-refractivity contribution in [3.63, 3.8) is 0 Å². The molecule has 0 saturated carbocycles. The molecule has 7 heteroatoms. The van der Waals surface area contributed by atoms with Gasteiger partial charge in [-0.25, -0.2) is 4.98 Å². The lowest BCUT2D eigenvalue weighted by Gasteiger charge is -2.11. The van der Waals surface area contributed by atoms with E-state index in [-0.39, 0.29) is 6.01 Å². The summed E-state index contributed by atoms with van der Waals surface area (Å²) < 4.78 is 16.6. The number of methoxy groups -OCH3 is 2. The van der Waals surface area contributed by atoms with Crippen LogP contribution < -0.4 is 19.9 Å². The maximum atomic E-state index is 5.61. The maximum absolute atomic E-state index is 5.61. The Kier molecular flexibility index (Phi) is 4.75. The highest BCUT2D eigenvalue weighted by atomic mass is 79.9. The van der Waals surface area contributed by atoms with Crippen molar-refractivity contribution in [1.82, 2.24) is 9.97 Å². The Hall–Kier alpha value is -1.86. The van der Waals surface area contributed by atoms with Crippen LogP contribution in [0.3, 0.4) is 0 Å². The zero-order valence-corrected chi connectivity index (χ0v) is 12.7. The first-order valence-corrected chi connectivity index (χ1v) is 6.58. The van der Waals surface area contributed by atoms with Crippen molar-refractivity contribution in [3.8, 4) is 23.4 Å². The Morgan fingerprint density at radius 2 is 2.00 bits per heavy atom. The molecule has 0 aliphatic rings. The van der Waals surface area contributed by atoms with Gasteiger partial charge in [-0.05, 0) is 33.6 Å². The first-order valence-electron chi connectivity index (χ1n) is 5.79. The third-order valence-corrected chi connectivity index (χ3v) is 3.09. The number of ether oxygens (including phenoxy) is 3. The largest absolute Gasteiger partial charge is 0.493 e. The highest BCUT2D eigenvalue weighted by Gasteiger charge is 2.11. The monoisotopic (exact) mass is 339 g/mol. The molecule has 0 fully saturated rings. The van der Waals surface area contributed by atoms with Crippen LogP contribution in [0.1, 0.15) is 5.56 Å². The molecule has 2 aromatic rings. The van der Waals surface area contributed by atoms with E-state index in [2.05, 4.69) is 25.9 Å². The number of aromatic nitrogens is 2. The quantitative estimate of drug-likeness (QED) is 0.901. The molecular weight excluding hydrogens is 326 g/mol. The molecule has 0 unspecified atom stereocenters. The van der Waals surface area contributed by atoms with E-state index >= 15 is 0 Å². The van der Waals surface area contributed by atoms with E-state index in [4.69, 9.17) is 19.9 Å². The summed E-state index contributed by atoms with van der Waals surface area (Å²) in [6, 6.07) is 5.60. The molecule has 2 N–H and O–H groups in total. The van der Waals surface area contributed by atoms with E-state index in [9.17, 15) is 0 Å². The lowest BCUT2D eigenvalue weighted by atomic mass is 10.2. The molecule has 1 heterocycles. The number of nitrogens with two attached hydrogens (primary N) is 1. The molecule has 106 valence electrons. The Bertz CT molecular complexity index is 607. The minimum absolute atomic E-state index is 0.170. The van der Waals surface area contributed by atoms with Crippen molar-refractivity contribution in [3.05, 3.63) is 34.4 Å². The van der Waals surface area contributed by atoms with Crippen molar-refractivity contribution < 1.29 is 14.2 Å². The molecule has 0 bridgehead atoms. The van der Waals surface area contributed by atoms with Gasteiger partial charge in [-0.2, -0.15) is 4.98 Å². The van der Waals surface area contributed by atoms with Crippen LogP contribution in [0.5, 0.6) is 23.4 Å². The van der Waals surface area contributed by atoms with Gasteiger partial charge in [0.25, 0.3) is 0 Å². The fraction of sp³-hybridized carbons (Fsp3) is 0.231. The number of benzene rings is 1. The average molecular weight is 340 g/mol. The van der Waals surface area contributed by atoms with Crippen molar-refractivity contribution in [2.24, 2.45) is 5.73 Å². The van der Waals surface area contributed by atoms with Crippen molar-refractivity contribution in [2.75, 3.05) is 14.2 Å². The average Bonchev–Trinajstić information content (AvgIpc) is 2.49. The van der Waals surface area contributed by atoms with E-state index < -0.39 is 0 Å². The Balaban J connectivity index is 2.29. The Labute approximate surface area is 125 Å². The Morgan fingerprint density at radius 1 is 1.20 bits per heavy atom. The smallest absolute Gasteiger partial charge is 0.325 e. The summed E-state index contributed by atoms with van der Waals surface area (Å²) in [5.74, 6) is 1.47. The van der Waals surface area contributed by atoms with E-state index in [1.54, 1.807) is 19.4 Å². The number of hydrogen-bond acceptors (Lipinski definition) is 6. The van der Waals surface area contributed by atoms with Crippen molar-refractivity contribution >= 4 is 15.9 Å². The molecule has 0 aliphatic carbocycles. The third-order valence-electron chi connectivity index (χ3n) is 2.55. The van der Waals surface area contributed by atoms with Crippen LogP contribution in [0.25, 0.3) is 0 Å². The summed E-state index contributed by atoms with van der Waals surface area (Å²) in [5.41, 5.74) is 6.54. The SMILES string of the molecule is COc1cc(CN)ccc1Oc1ncc(Br)c(OC)n1. The standard InChI is InChI=1S/C13H14BrN3O3/c1-18-11-5-8(6-15)3-4-10(11)20-13-16-7-9(14)12(17-13)19-2/h3-5,7H,6,15H2,1-2H3. The van der Waals surface area contributed by atoms with Crippen LogP contribution in [0.4, 0.5) is 0 Å². The second-order valence-electron chi connectivity index (χ2n) is 3.80. The number of nitrogens with zero attached hydrogens (tertiary/aromatic N) is 2. The second-order valence-corrected chi connectivity index (χ2v) is 4.66. The van der Waals surface area contributed by atoms with Crippen LogP contribution in [-0.2, 0) is 6.54 Å². The summed E-state index contributed by atoms with van der Waals surface area (Å²) in [6.07, 6.45) is 1.56. The highest BCUT2D eigenvalue weighted by molar-refractivity contribution is 9.10. The van der Waals surface area contributed by atoms with Gasteiger partial charge in [-0.1, -0.05) is 6.07 Å². The van der Waals surface area contributed by atoms with Gasteiger partial charge >= 0.3 is 6.01 Å². The zero-order chi connectivity index (χ0) is 14.5. The van der Waals surface area contributed by atoms with Crippen LogP contribution in [-0.4, -0.2) is 24.2 Å². The lowest BCUT2D eigenvalue weighted by Crippen LogP contribution is -2.00. The molecule has 0 atom stereocenters. The van der Waals surface area contributed by atoms with Crippen LogP contribution in [0, 0.1) is 0 Å². The number of rotatable bonds is 5. The summed E-state index contributed by atoms with van der Waals surface area (Å²) >= 11 is 3.28. The summed E-state index contributed by atoms with van der Waals surface area (Å²) in [7, 11) is 3.08. The predicted molar refractivity (Wildman–Crippen MR) is 77.2 cm³/mol. The molecule has 1 aromatic carbocycles. The molecule has 1 aromatic heterocycles. The number of hydrogen-bond donors (Lipinski definition) is 1. The van der Waals surface area contributed by atoms with Crippen molar-refractivity contribution in [2.45, 2.75) is 6.54 Å². The summed E-state index contributed by atoms with van der Waals surface area (Å²) in [5, 5.41) is 0. The van der Waals surface area contributed by atoms with Crippen LogP contribution in [0.15, 0.2) is 28.9 Å². The van der Waals surface area contributed by atoms with Gasteiger partial charge in [-0.15, -0.1) is 0 Å². The predicted octanol–water partition coefficient (Wildman–Crippen LogP) is 2.51. The van der Waals surface area contributed by atoms with Crippen LogP contribution in [0.2, 0.25) is 0 Å². The molecule has 6 nitrogen and oxygen atoms in total. The van der Waals surface area contributed by atoms with E-state index in [1.165, 1.54) is 7.11 Å². The van der Waals surface area contributed by atoms with E-state index in [0.29, 0.717) is 28.4 Å². The molecule has 20 heavy (non-hydrogen) atoms. The fourth-order valence-electron chi connectivity index (χ4n) is 1.55. The maximum Gasteiger partial charge on any atom is 0.325 e. The Morgan fingerprint density at radius 3 is 2.65 bits per heavy atom. The van der Waals surface area contributed by atoms with E-state index in [0.717, 1.165) is 5.56 Å². The van der Waals surface area contributed by atoms with Gasteiger partial charge in [0.1, 0.15) is 0 Å². The molecule has 0 spiro atoms. The van der Waals surface area contributed by atoms with E-state index in [1.807, 2.05) is 12.1 Å². The molecule has 0 saturated heterocycles. The summed E-state index contributed by atoms with van der Waals surface area (Å²) in [6.45, 7) is 0.430. The third kappa shape index (κ3) is 3.17. The fourth-order valence-corrected chi connectivity index (χ4v) is 1.90. The minimum atomic E-state index is 0.170. The first-order chi connectivity index (χ1) is 9.67. The van der Waals surface area contributed by atoms with Crippen molar-refractivity contribution in [1.29, 1.82) is 0 Å². The second kappa shape index (κ2) is 6.53. The van der Waals surface area contributed by atoms with Gasteiger partial charge in [0.2, 0.25) is 5.88 Å². The van der Waals surface area contributed by atoms with Gasteiger partial charge in [0.05, 0.1) is 24.9 Å². The van der Waals surface area contributed by atoms with Crippen LogP contribution >= 0.6 is 15.9 Å². The first kappa shape index (κ1) is 14.5. The van der Waals surface area contributed by atoms with Gasteiger partial charge < -0.3 is 19.9 Å². The number of halogens is 1. The minimum Gasteiger partial charge on any atom is -0.493 e. The highest BCUT2D eigenvalue weighted by Crippen LogP contribution is 2.32.